The minimum Gasteiger partial charge on any atom is -0.481 e. The Morgan fingerprint density at radius 1 is 1.52 bits per heavy atom. The van der Waals surface area contributed by atoms with Crippen molar-refractivity contribution in [2.75, 3.05) is 13.1 Å². The minimum atomic E-state index is -0.696. The minimum absolute atomic E-state index is 0.219. The zero-order valence-electron chi connectivity index (χ0n) is 11.2. The van der Waals surface area contributed by atoms with Crippen LogP contribution in [0.25, 0.3) is 10.7 Å². The van der Waals surface area contributed by atoms with Crippen LogP contribution < -0.4 is 0 Å². The van der Waals surface area contributed by atoms with Crippen molar-refractivity contribution < 1.29 is 14.4 Å². The van der Waals surface area contributed by atoms with Crippen LogP contribution in [-0.4, -0.2) is 39.2 Å². The average Bonchev–Trinajstić information content (AvgIpc) is 3.08. The molecule has 0 aliphatic carbocycles. The Balaban J connectivity index is 1.59. The molecule has 1 aliphatic heterocycles. The van der Waals surface area contributed by atoms with Crippen LogP contribution in [0.4, 0.5) is 0 Å². The van der Waals surface area contributed by atoms with Crippen LogP contribution in [0.2, 0.25) is 0 Å². The summed E-state index contributed by atoms with van der Waals surface area (Å²) < 4.78 is 6.28. The molecule has 0 spiro atoms. The molecule has 0 aromatic carbocycles. The summed E-state index contributed by atoms with van der Waals surface area (Å²) in [4.78, 5) is 18.4. The lowest BCUT2D eigenvalue weighted by Gasteiger charge is -2.28. The number of likely N-dealkylation sites (tertiary alicyclic amines) is 1. The van der Waals surface area contributed by atoms with Crippen molar-refractivity contribution >= 4 is 33.2 Å². The first-order valence-electron chi connectivity index (χ1n) is 6.64. The average molecular weight is 372 g/mol. The molecule has 0 radical (unpaired) electrons. The topological polar surface area (TPSA) is 79.5 Å². The second-order valence-corrected chi connectivity index (χ2v) is 6.86. The van der Waals surface area contributed by atoms with Crippen molar-refractivity contribution in [2.45, 2.75) is 19.4 Å². The molecule has 21 heavy (non-hydrogen) atoms. The van der Waals surface area contributed by atoms with Gasteiger partial charge in [-0.25, -0.2) is 0 Å². The monoisotopic (exact) mass is 371 g/mol. The molecule has 112 valence electrons. The number of carboxylic acid groups (broad SMARTS) is 1. The maximum absolute atomic E-state index is 10.9. The standard InChI is InChI=1S/C13H14BrN3O3S/c14-9-5-10(21-7-9)12-15-11(20-16-12)6-17-3-1-8(2-4-17)13(18)19/h5,7-8H,1-4,6H2,(H,18,19). The van der Waals surface area contributed by atoms with Crippen molar-refractivity contribution in [1.82, 2.24) is 15.0 Å². The van der Waals surface area contributed by atoms with Gasteiger partial charge in [0, 0.05) is 9.85 Å². The first kappa shape index (κ1) is 14.7. The van der Waals surface area contributed by atoms with E-state index in [1.165, 1.54) is 0 Å². The predicted molar refractivity (Wildman–Crippen MR) is 80.9 cm³/mol. The largest absolute Gasteiger partial charge is 0.481 e. The highest BCUT2D eigenvalue weighted by Gasteiger charge is 2.25. The number of aliphatic carboxylic acids is 1. The number of carbonyl (C=O) groups is 1. The molecule has 8 heteroatoms. The van der Waals surface area contributed by atoms with E-state index in [-0.39, 0.29) is 5.92 Å². The van der Waals surface area contributed by atoms with E-state index in [1.54, 1.807) is 11.3 Å². The Bertz CT molecular complexity index is 634. The summed E-state index contributed by atoms with van der Waals surface area (Å²) in [7, 11) is 0. The van der Waals surface area contributed by atoms with Crippen molar-refractivity contribution in [3.63, 3.8) is 0 Å². The fraction of sp³-hybridized carbons (Fsp3) is 0.462. The van der Waals surface area contributed by atoms with Gasteiger partial charge in [0.2, 0.25) is 11.7 Å². The molecular formula is C13H14BrN3O3S. The smallest absolute Gasteiger partial charge is 0.306 e. The van der Waals surface area contributed by atoms with Crippen molar-refractivity contribution in [3.05, 3.63) is 21.8 Å². The van der Waals surface area contributed by atoms with Gasteiger partial charge in [-0.2, -0.15) is 4.98 Å². The third-order valence-corrected chi connectivity index (χ3v) is 5.24. The number of piperidine rings is 1. The zero-order valence-corrected chi connectivity index (χ0v) is 13.6. The van der Waals surface area contributed by atoms with Gasteiger partial charge in [-0.15, -0.1) is 11.3 Å². The highest BCUT2D eigenvalue weighted by atomic mass is 79.9. The Labute approximate surface area is 133 Å². The van der Waals surface area contributed by atoms with Gasteiger partial charge < -0.3 is 9.63 Å². The molecule has 0 unspecified atom stereocenters. The Morgan fingerprint density at radius 2 is 2.29 bits per heavy atom. The highest BCUT2D eigenvalue weighted by Crippen LogP contribution is 2.28. The number of thiophene rings is 1. The number of aromatic nitrogens is 2. The van der Waals surface area contributed by atoms with Gasteiger partial charge in [0.15, 0.2) is 0 Å². The van der Waals surface area contributed by atoms with Crippen LogP contribution in [-0.2, 0) is 11.3 Å². The molecule has 2 aromatic rings. The Hall–Kier alpha value is -1.25. The number of rotatable bonds is 4. The normalized spacial score (nSPS) is 17.2. The molecular weight excluding hydrogens is 358 g/mol. The van der Waals surface area contributed by atoms with Gasteiger partial charge in [0.25, 0.3) is 0 Å². The van der Waals surface area contributed by atoms with Crippen molar-refractivity contribution in [1.29, 1.82) is 0 Å². The fourth-order valence-corrected chi connectivity index (χ4v) is 3.73. The van der Waals surface area contributed by atoms with Gasteiger partial charge in [0.05, 0.1) is 17.3 Å². The number of carboxylic acids is 1. The maximum atomic E-state index is 10.9. The summed E-state index contributed by atoms with van der Waals surface area (Å²) in [6.07, 6.45) is 1.35. The van der Waals surface area contributed by atoms with E-state index in [0.717, 1.165) is 22.4 Å². The first-order valence-corrected chi connectivity index (χ1v) is 8.31. The SMILES string of the molecule is O=C(O)C1CCN(Cc2nc(-c3cc(Br)cs3)no2)CC1. The molecule has 0 saturated carbocycles. The number of hydrogen-bond donors (Lipinski definition) is 1. The maximum Gasteiger partial charge on any atom is 0.306 e. The zero-order chi connectivity index (χ0) is 14.8. The molecule has 2 aromatic heterocycles. The van der Waals surface area contributed by atoms with Crippen LogP contribution in [0.3, 0.4) is 0 Å². The number of halogens is 1. The molecule has 1 fully saturated rings. The van der Waals surface area contributed by atoms with Gasteiger partial charge in [-0.05, 0) is 47.9 Å². The van der Waals surface area contributed by atoms with Gasteiger partial charge in [0.1, 0.15) is 0 Å². The summed E-state index contributed by atoms with van der Waals surface area (Å²) in [5.41, 5.74) is 0. The van der Waals surface area contributed by atoms with E-state index in [0.29, 0.717) is 31.1 Å². The van der Waals surface area contributed by atoms with Gasteiger partial charge in [-0.3, -0.25) is 9.69 Å². The fourth-order valence-electron chi connectivity index (χ4n) is 2.38. The van der Waals surface area contributed by atoms with Gasteiger partial charge >= 0.3 is 5.97 Å². The lowest BCUT2D eigenvalue weighted by atomic mass is 9.97. The van der Waals surface area contributed by atoms with Crippen molar-refractivity contribution in [2.24, 2.45) is 5.92 Å². The Morgan fingerprint density at radius 3 is 2.90 bits per heavy atom. The van der Waals surface area contributed by atoms with E-state index in [9.17, 15) is 4.79 Å². The summed E-state index contributed by atoms with van der Waals surface area (Å²) in [6, 6.07) is 1.96. The summed E-state index contributed by atoms with van der Waals surface area (Å²) >= 11 is 4.96. The Kier molecular flexibility index (Phi) is 4.37. The van der Waals surface area contributed by atoms with Crippen LogP contribution in [0.5, 0.6) is 0 Å². The van der Waals surface area contributed by atoms with Crippen molar-refractivity contribution in [3.8, 4) is 10.7 Å². The number of hydrogen-bond acceptors (Lipinski definition) is 6. The third-order valence-electron chi connectivity index (χ3n) is 3.55. The summed E-state index contributed by atoms with van der Waals surface area (Å²) in [5.74, 6) is 0.255. The summed E-state index contributed by atoms with van der Waals surface area (Å²) in [5, 5.41) is 14.9. The lowest BCUT2D eigenvalue weighted by Crippen LogP contribution is -2.35. The van der Waals surface area contributed by atoms with E-state index in [4.69, 9.17) is 9.63 Å². The quantitative estimate of drug-likeness (QED) is 0.889. The van der Waals surface area contributed by atoms with E-state index in [1.807, 2.05) is 11.4 Å². The first-order chi connectivity index (χ1) is 10.1. The molecule has 3 rings (SSSR count). The highest BCUT2D eigenvalue weighted by molar-refractivity contribution is 9.10. The second kappa shape index (κ2) is 6.25. The van der Waals surface area contributed by atoms with Crippen LogP contribution in [0, 0.1) is 5.92 Å². The predicted octanol–water partition coefficient (Wildman–Crippen LogP) is 2.86. The van der Waals surface area contributed by atoms with E-state index < -0.39 is 5.97 Å². The molecule has 0 amide bonds. The van der Waals surface area contributed by atoms with Gasteiger partial charge in [-0.1, -0.05) is 5.16 Å². The molecule has 1 aliphatic rings. The van der Waals surface area contributed by atoms with Crippen LogP contribution in [0.1, 0.15) is 18.7 Å². The second-order valence-electron chi connectivity index (χ2n) is 5.03. The molecule has 0 bridgehead atoms. The third kappa shape index (κ3) is 3.50. The molecule has 1 N–H and O–H groups in total. The summed E-state index contributed by atoms with van der Waals surface area (Å²) in [6.45, 7) is 2.07. The molecule has 3 heterocycles. The van der Waals surface area contributed by atoms with E-state index >= 15 is 0 Å². The molecule has 6 nitrogen and oxygen atoms in total. The van der Waals surface area contributed by atoms with E-state index in [2.05, 4.69) is 31.0 Å². The molecule has 0 atom stereocenters. The van der Waals surface area contributed by atoms with Crippen LogP contribution in [0.15, 0.2) is 20.4 Å². The number of nitrogens with zero attached hydrogens (tertiary/aromatic N) is 3. The molecule has 1 saturated heterocycles. The lowest BCUT2D eigenvalue weighted by molar-refractivity contribution is -0.143. The van der Waals surface area contributed by atoms with Crippen LogP contribution >= 0.6 is 27.3 Å².